The molecule has 326 valence electrons. The van der Waals surface area contributed by atoms with Crippen molar-refractivity contribution in [3.05, 3.63) is 74.7 Å². The van der Waals surface area contributed by atoms with Gasteiger partial charge in [0.2, 0.25) is 11.8 Å². The van der Waals surface area contributed by atoms with E-state index in [1.165, 1.54) is 4.90 Å². The molecule has 0 spiro atoms. The number of carbonyl (C=O) groups is 4. The van der Waals surface area contributed by atoms with Crippen LogP contribution < -0.4 is 30.6 Å². The lowest BCUT2D eigenvalue weighted by Gasteiger charge is -2.41. The highest BCUT2D eigenvalue weighted by Gasteiger charge is 2.44. The number of hydrogen-bond acceptors (Lipinski definition) is 11. The maximum absolute atomic E-state index is 13.4. The Morgan fingerprint density at radius 3 is 2.33 bits per heavy atom. The highest BCUT2D eigenvalue weighted by Crippen LogP contribution is 2.40. The largest absolute Gasteiger partial charge is 0.496 e. The number of nitrogens with zero attached hydrogens (tertiary/aromatic N) is 6. The number of imide groups is 1. The van der Waals surface area contributed by atoms with Crippen molar-refractivity contribution in [1.29, 1.82) is 0 Å². The lowest BCUT2D eigenvalue weighted by atomic mass is 9.91. The maximum Gasteiger partial charge on any atom is 0.317 e. The molecule has 5 aliphatic heterocycles. The smallest absolute Gasteiger partial charge is 0.317 e. The van der Waals surface area contributed by atoms with Crippen molar-refractivity contribution in [3.8, 4) is 22.6 Å². The van der Waals surface area contributed by atoms with E-state index in [9.17, 15) is 29.1 Å². The van der Waals surface area contributed by atoms with Crippen LogP contribution in [0.4, 0.5) is 10.5 Å². The zero-order valence-electron chi connectivity index (χ0n) is 35.9. The molecule has 3 aromatic rings. The van der Waals surface area contributed by atoms with Gasteiger partial charge >= 0.3 is 6.03 Å². The first-order valence-electron chi connectivity index (χ1n) is 21.5. The van der Waals surface area contributed by atoms with Gasteiger partial charge in [-0.3, -0.25) is 39.2 Å². The number of rotatable bonds is 10. The Labute approximate surface area is 356 Å². The van der Waals surface area contributed by atoms with E-state index in [0.717, 1.165) is 98.0 Å². The van der Waals surface area contributed by atoms with E-state index < -0.39 is 18.2 Å². The summed E-state index contributed by atoms with van der Waals surface area (Å²) < 4.78 is 13.6. The monoisotopic (exact) mass is 838 g/mol. The summed E-state index contributed by atoms with van der Waals surface area (Å²) in [6, 6.07) is 8.97. The molecule has 0 saturated carbocycles. The summed E-state index contributed by atoms with van der Waals surface area (Å²) in [7, 11) is 6.71. The van der Waals surface area contributed by atoms with E-state index >= 15 is 0 Å². The third-order valence-electron chi connectivity index (χ3n) is 13.6. The quantitative estimate of drug-likeness (QED) is 0.257. The zero-order valence-corrected chi connectivity index (χ0v) is 35.9. The predicted octanol–water partition coefficient (Wildman–Crippen LogP) is 2.83. The molecule has 3 saturated heterocycles. The van der Waals surface area contributed by atoms with Crippen molar-refractivity contribution in [2.45, 2.75) is 76.8 Å². The summed E-state index contributed by atoms with van der Waals surface area (Å²) in [5.74, 6) is 0.783. The van der Waals surface area contributed by atoms with Gasteiger partial charge in [0, 0.05) is 107 Å². The van der Waals surface area contributed by atoms with Crippen LogP contribution in [0.1, 0.15) is 77.9 Å². The van der Waals surface area contributed by atoms with Gasteiger partial charge in [0.05, 0.1) is 26.3 Å². The number of benzene rings is 2. The number of aromatic nitrogens is 1. The zero-order chi connectivity index (χ0) is 43.1. The van der Waals surface area contributed by atoms with Crippen molar-refractivity contribution in [1.82, 2.24) is 34.8 Å². The number of piperidine rings is 2. The number of aliphatic hydroxyl groups excluding tert-OH is 1. The molecule has 2 aromatic carbocycles. The number of methoxy groups -OCH3 is 2. The molecule has 16 nitrogen and oxygen atoms in total. The summed E-state index contributed by atoms with van der Waals surface area (Å²) in [6.45, 7) is 9.34. The number of nitrogens with one attached hydrogen (secondary N) is 2. The van der Waals surface area contributed by atoms with E-state index in [0.29, 0.717) is 48.2 Å². The molecular weight excluding hydrogens is 781 g/mol. The van der Waals surface area contributed by atoms with Crippen LogP contribution in [-0.4, -0.2) is 132 Å². The fourth-order valence-electron chi connectivity index (χ4n) is 10.1. The molecule has 3 fully saturated rings. The number of pyridine rings is 1. The average Bonchev–Trinajstić information content (AvgIpc) is 3.51. The van der Waals surface area contributed by atoms with E-state index in [1.807, 2.05) is 30.5 Å². The van der Waals surface area contributed by atoms with Crippen molar-refractivity contribution < 1.29 is 33.8 Å². The summed E-state index contributed by atoms with van der Waals surface area (Å²) in [5, 5.41) is 16.0. The summed E-state index contributed by atoms with van der Waals surface area (Å²) in [6.07, 6.45) is 4.78. The van der Waals surface area contributed by atoms with Crippen LogP contribution in [0, 0.1) is 5.92 Å². The third-order valence-corrected chi connectivity index (χ3v) is 13.6. The van der Waals surface area contributed by atoms with Gasteiger partial charge in [-0.25, -0.2) is 4.79 Å². The minimum Gasteiger partial charge on any atom is -0.496 e. The molecule has 8 rings (SSSR count). The second-order valence-corrected chi connectivity index (χ2v) is 17.2. The number of amides is 5. The van der Waals surface area contributed by atoms with E-state index in [1.54, 1.807) is 43.8 Å². The normalized spacial score (nSPS) is 22.6. The lowest BCUT2D eigenvalue weighted by Crippen LogP contribution is -2.53. The molecule has 3 atom stereocenters. The molecule has 5 aliphatic rings. The number of carbonyl (C=O) groups excluding carboxylic acids is 4. The van der Waals surface area contributed by atoms with E-state index in [4.69, 9.17) is 9.47 Å². The van der Waals surface area contributed by atoms with Crippen LogP contribution in [0.15, 0.2) is 41.3 Å². The van der Waals surface area contributed by atoms with Crippen LogP contribution in [0.3, 0.4) is 0 Å². The summed E-state index contributed by atoms with van der Waals surface area (Å²) in [5.41, 5.74) is 6.16. The fraction of sp³-hybridized carbons (Fsp3) is 0.533. The number of aliphatic hydroxyl groups is 1. The molecule has 0 aliphatic carbocycles. The summed E-state index contributed by atoms with van der Waals surface area (Å²) >= 11 is 0. The number of anilines is 1. The minimum absolute atomic E-state index is 0.0985. The molecule has 1 aromatic heterocycles. The van der Waals surface area contributed by atoms with Crippen molar-refractivity contribution in [2.75, 3.05) is 72.0 Å². The second kappa shape index (κ2) is 17.5. The van der Waals surface area contributed by atoms with Gasteiger partial charge in [0.25, 0.3) is 11.5 Å². The van der Waals surface area contributed by atoms with Crippen molar-refractivity contribution in [2.24, 2.45) is 13.0 Å². The van der Waals surface area contributed by atoms with Crippen LogP contribution in [0.5, 0.6) is 11.5 Å². The number of ether oxygens (including phenoxy) is 2. The van der Waals surface area contributed by atoms with Crippen LogP contribution in [0.2, 0.25) is 0 Å². The SMILES string of the molecule is CNC(=O)N1CCc2c(-c3cc(OC)c(CN4CCN(CCC5CCN(c6ccc7c(c6)C(=O)N(C6CCC(=O)NC6=O)C7O)CC5)C(C)C4)c(OC)c3)cn(C)c(=O)c2C1. The standard InChI is InChI=1S/C45H58N8O8/c1-27-23-49(25-36-38(60-4)20-29(21-39(36)61-5)34-24-48(3)42(56)35-26-52(45(59)46-2)17-13-31(34)35)18-19-50(27)14-10-28-11-15-51(16-12-28)30-6-7-32-33(22-30)44(58)53(43(32)57)37-8-9-40(54)47-41(37)55/h6-7,20-22,24,27-28,37,43,57H,8-19,23,25-26H2,1-5H3,(H,46,59)(H,47,54,55). The number of aryl methyl sites for hydroxylation is 1. The van der Waals surface area contributed by atoms with Crippen LogP contribution >= 0.6 is 0 Å². The maximum atomic E-state index is 13.4. The van der Waals surface area contributed by atoms with Gasteiger partial charge in [-0.2, -0.15) is 0 Å². The van der Waals surface area contributed by atoms with Gasteiger partial charge in [-0.1, -0.05) is 6.07 Å². The van der Waals surface area contributed by atoms with E-state index in [2.05, 4.69) is 32.3 Å². The summed E-state index contributed by atoms with van der Waals surface area (Å²) in [4.78, 5) is 73.5. The predicted molar refractivity (Wildman–Crippen MR) is 228 cm³/mol. The Balaban J connectivity index is 0.854. The van der Waals surface area contributed by atoms with Gasteiger partial charge in [0.1, 0.15) is 17.5 Å². The van der Waals surface area contributed by atoms with Crippen molar-refractivity contribution >= 4 is 29.4 Å². The van der Waals surface area contributed by atoms with Crippen LogP contribution in [0.25, 0.3) is 11.1 Å². The fourth-order valence-corrected chi connectivity index (χ4v) is 10.1. The Morgan fingerprint density at radius 2 is 1.66 bits per heavy atom. The highest BCUT2D eigenvalue weighted by atomic mass is 16.5. The molecule has 6 heterocycles. The van der Waals surface area contributed by atoms with Crippen LogP contribution in [-0.2, 0) is 36.1 Å². The Morgan fingerprint density at radius 1 is 0.918 bits per heavy atom. The molecule has 16 heteroatoms. The first-order valence-corrected chi connectivity index (χ1v) is 21.5. The Bertz CT molecular complexity index is 2250. The number of hydrogen-bond donors (Lipinski definition) is 3. The Hall–Kier alpha value is -5.45. The molecule has 3 N–H and O–H groups in total. The average molecular weight is 839 g/mol. The Kier molecular flexibility index (Phi) is 12.1. The van der Waals surface area contributed by atoms with Crippen molar-refractivity contribution in [3.63, 3.8) is 0 Å². The number of fused-ring (bicyclic) bond motifs is 2. The molecule has 5 amide bonds. The third kappa shape index (κ3) is 8.20. The molecule has 0 radical (unpaired) electrons. The molecule has 61 heavy (non-hydrogen) atoms. The lowest BCUT2D eigenvalue weighted by molar-refractivity contribution is -0.139. The number of urea groups is 1. The molecule has 0 bridgehead atoms. The van der Waals surface area contributed by atoms with Gasteiger partial charge in [-0.05, 0) is 86.9 Å². The minimum atomic E-state index is -1.22. The first kappa shape index (κ1) is 42.2. The second-order valence-electron chi connectivity index (χ2n) is 17.2. The topological polar surface area (TPSA) is 169 Å². The first-order chi connectivity index (χ1) is 29.4. The molecule has 3 unspecified atom stereocenters. The molecular formula is C45H58N8O8. The van der Waals surface area contributed by atoms with E-state index in [-0.39, 0.29) is 42.8 Å². The number of piperazine rings is 1. The van der Waals surface area contributed by atoms with Gasteiger partial charge in [0.15, 0.2) is 6.23 Å². The van der Waals surface area contributed by atoms with Gasteiger partial charge in [-0.15, -0.1) is 0 Å². The highest BCUT2D eigenvalue weighted by molar-refractivity contribution is 6.06. The van der Waals surface area contributed by atoms with Gasteiger partial charge < -0.3 is 34.3 Å².